The van der Waals surface area contributed by atoms with Gasteiger partial charge in [0.25, 0.3) is 0 Å². The highest BCUT2D eigenvalue weighted by molar-refractivity contribution is 6.14. The van der Waals surface area contributed by atoms with Gasteiger partial charge >= 0.3 is 0 Å². The largest absolute Gasteiger partial charge is 0.310 e. The zero-order chi connectivity index (χ0) is 49.0. The van der Waals surface area contributed by atoms with Crippen LogP contribution in [0.1, 0.15) is 5.56 Å². The fraction of sp³-hybridized carbons (Fsp3) is 0.0278. The Morgan fingerprint density at radius 1 is 0.324 bits per heavy atom. The Bertz CT molecular complexity index is 4190. The number of allylic oxidation sites excluding steroid dienone is 8. The minimum Gasteiger partial charge on any atom is -0.310 e. The maximum Gasteiger partial charge on any atom is 0.0546 e. The molecule has 1 aromatic heterocycles. The number of fused-ring (bicyclic) bond motifs is 7. The second kappa shape index (κ2) is 18.3. The number of anilines is 3. The fourth-order valence-corrected chi connectivity index (χ4v) is 11.8. The van der Waals surface area contributed by atoms with Crippen LogP contribution in [0.5, 0.6) is 0 Å². The molecule has 0 radical (unpaired) electrons. The van der Waals surface area contributed by atoms with Crippen molar-refractivity contribution in [2.75, 3.05) is 4.90 Å². The van der Waals surface area contributed by atoms with Crippen LogP contribution in [0.4, 0.5) is 17.1 Å². The Kier molecular flexibility index (Phi) is 10.7. The Labute approximate surface area is 432 Å². The van der Waals surface area contributed by atoms with E-state index in [1.165, 1.54) is 76.7 Å². The van der Waals surface area contributed by atoms with Gasteiger partial charge < -0.3 is 9.47 Å². The number of nitrogens with zero attached hydrogens (tertiary/aromatic N) is 2. The molecule has 0 saturated heterocycles. The molecule has 348 valence electrons. The van der Waals surface area contributed by atoms with Crippen molar-refractivity contribution in [2.45, 2.75) is 0 Å². The lowest BCUT2D eigenvalue weighted by Crippen LogP contribution is -2.15. The highest BCUT2D eigenvalue weighted by Gasteiger charge is 2.26. The molecule has 74 heavy (non-hydrogen) atoms. The van der Waals surface area contributed by atoms with Gasteiger partial charge in [-0.05, 0) is 127 Å². The van der Waals surface area contributed by atoms with Crippen molar-refractivity contribution < 1.29 is 0 Å². The van der Waals surface area contributed by atoms with Gasteiger partial charge in [0.15, 0.2) is 0 Å². The smallest absolute Gasteiger partial charge is 0.0546 e. The molecule has 14 rings (SSSR count). The SMILES string of the molecule is C1=CC2C=CC=C(c3ccc(N(c4cccc(-c5cc6ccccc6c6ccccc56)c4)c4ccc(-c5ccc(-c6ccccc6)cc5-n5c6ccccc6c6ccccc65)cc4-c4ccccc4)cc3)C2C=C1. The van der Waals surface area contributed by atoms with Crippen molar-refractivity contribution in [3.05, 3.63) is 297 Å². The first-order valence-corrected chi connectivity index (χ1v) is 25.7. The number of hydrogen-bond acceptors (Lipinski definition) is 1. The topological polar surface area (TPSA) is 8.17 Å². The molecule has 2 unspecified atom stereocenters. The van der Waals surface area contributed by atoms with Gasteiger partial charge in [0.05, 0.1) is 22.4 Å². The van der Waals surface area contributed by atoms with E-state index in [4.69, 9.17) is 0 Å². The van der Waals surface area contributed by atoms with Crippen molar-refractivity contribution in [3.63, 3.8) is 0 Å². The zero-order valence-electron chi connectivity index (χ0n) is 40.8. The van der Waals surface area contributed by atoms with Crippen LogP contribution in [0.3, 0.4) is 0 Å². The number of hydrogen-bond donors (Lipinski definition) is 0. The lowest BCUT2D eigenvalue weighted by atomic mass is 9.77. The zero-order valence-corrected chi connectivity index (χ0v) is 40.8. The van der Waals surface area contributed by atoms with Crippen LogP contribution in [0, 0.1) is 11.8 Å². The van der Waals surface area contributed by atoms with E-state index in [0.717, 1.165) is 45.0 Å². The van der Waals surface area contributed by atoms with Gasteiger partial charge in [0.2, 0.25) is 0 Å². The molecular formula is C72H50N2. The van der Waals surface area contributed by atoms with E-state index in [2.05, 4.69) is 301 Å². The third kappa shape index (κ3) is 7.50. The summed E-state index contributed by atoms with van der Waals surface area (Å²) in [5.41, 5.74) is 18.6. The summed E-state index contributed by atoms with van der Waals surface area (Å²) in [6, 6.07) is 91.8. The molecule has 12 aromatic rings. The van der Waals surface area contributed by atoms with E-state index >= 15 is 0 Å². The summed E-state index contributed by atoms with van der Waals surface area (Å²) in [7, 11) is 0. The van der Waals surface area contributed by atoms with E-state index in [1.54, 1.807) is 0 Å². The van der Waals surface area contributed by atoms with E-state index in [-0.39, 0.29) is 0 Å². The van der Waals surface area contributed by atoms with Crippen LogP contribution in [0.2, 0.25) is 0 Å². The quantitative estimate of drug-likeness (QED) is 0.131. The molecule has 2 aliphatic rings. The third-order valence-corrected chi connectivity index (χ3v) is 15.3. The van der Waals surface area contributed by atoms with Crippen molar-refractivity contribution in [1.82, 2.24) is 4.57 Å². The third-order valence-electron chi connectivity index (χ3n) is 15.3. The summed E-state index contributed by atoms with van der Waals surface area (Å²) in [6.45, 7) is 0. The van der Waals surface area contributed by atoms with Gasteiger partial charge in [-0.2, -0.15) is 0 Å². The van der Waals surface area contributed by atoms with Crippen LogP contribution in [0.25, 0.3) is 99.1 Å². The molecule has 2 heteroatoms. The molecule has 2 nitrogen and oxygen atoms in total. The second-order valence-electron chi connectivity index (χ2n) is 19.6. The number of para-hydroxylation sites is 2. The predicted molar refractivity (Wildman–Crippen MR) is 315 cm³/mol. The first kappa shape index (κ1) is 43.3. The Hall–Kier alpha value is -9.50. The maximum atomic E-state index is 2.47. The summed E-state index contributed by atoms with van der Waals surface area (Å²) in [5.74, 6) is 0.675. The minimum absolute atomic E-state index is 0.312. The maximum absolute atomic E-state index is 2.47. The summed E-state index contributed by atoms with van der Waals surface area (Å²) in [5, 5.41) is 7.48. The average Bonchev–Trinajstić information content (AvgIpc) is 3.82. The predicted octanol–water partition coefficient (Wildman–Crippen LogP) is 19.5. The summed E-state index contributed by atoms with van der Waals surface area (Å²) < 4.78 is 2.47. The molecule has 11 aromatic carbocycles. The summed E-state index contributed by atoms with van der Waals surface area (Å²) in [4.78, 5) is 2.47. The fourth-order valence-electron chi connectivity index (χ4n) is 11.8. The van der Waals surface area contributed by atoms with Gasteiger partial charge in [0.1, 0.15) is 0 Å². The van der Waals surface area contributed by atoms with Gasteiger partial charge in [0, 0.05) is 45.1 Å². The monoisotopic (exact) mass is 942 g/mol. The molecule has 0 bridgehead atoms. The number of rotatable bonds is 9. The normalized spacial score (nSPS) is 14.9. The second-order valence-corrected chi connectivity index (χ2v) is 19.6. The van der Waals surface area contributed by atoms with Crippen molar-refractivity contribution in [3.8, 4) is 50.2 Å². The van der Waals surface area contributed by atoms with Gasteiger partial charge in [-0.25, -0.2) is 0 Å². The average molecular weight is 943 g/mol. The van der Waals surface area contributed by atoms with E-state index in [1.807, 2.05) is 0 Å². The molecule has 0 fully saturated rings. The van der Waals surface area contributed by atoms with Crippen LogP contribution >= 0.6 is 0 Å². The molecule has 2 atom stereocenters. The van der Waals surface area contributed by atoms with E-state index in [0.29, 0.717) is 11.8 Å². The molecule has 0 N–H and O–H groups in total. The highest BCUT2D eigenvalue weighted by Crippen LogP contribution is 2.47. The Morgan fingerprint density at radius 3 is 1.69 bits per heavy atom. The summed E-state index contributed by atoms with van der Waals surface area (Å²) in [6.07, 6.45) is 15.8. The Balaban J connectivity index is 0.983. The van der Waals surface area contributed by atoms with E-state index < -0.39 is 0 Å². The van der Waals surface area contributed by atoms with Crippen molar-refractivity contribution in [1.29, 1.82) is 0 Å². The van der Waals surface area contributed by atoms with Crippen LogP contribution in [0.15, 0.2) is 291 Å². The number of aromatic nitrogens is 1. The molecule has 2 aliphatic carbocycles. The molecule has 0 saturated carbocycles. The van der Waals surface area contributed by atoms with Crippen LogP contribution < -0.4 is 4.90 Å². The lowest BCUT2D eigenvalue weighted by Gasteiger charge is -2.30. The highest BCUT2D eigenvalue weighted by atomic mass is 15.1. The molecular weight excluding hydrogens is 893 g/mol. The van der Waals surface area contributed by atoms with Crippen molar-refractivity contribution >= 4 is 66.0 Å². The van der Waals surface area contributed by atoms with Gasteiger partial charge in [-0.15, -0.1) is 0 Å². The summed E-state index contributed by atoms with van der Waals surface area (Å²) >= 11 is 0. The molecule has 0 spiro atoms. The van der Waals surface area contributed by atoms with Gasteiger partial charge in [-0.1, -0.05) is 231 Å². The first-order chi connectivity index (χ1) is 36.7. The standard InChI is InChI=1S/C72H50N2/c1-3-19-49(20-4-1)53-39-43-62(72(48-53)74-69-35-15-13-32-65(69)66-33-14-16-36-70(66)74)56-40-44-71(68(47-56)51-21-5-2-6-22-51)73(57-41-37-52(38-42-57)60-34-18-25-50-23-7-9-28-59(50)60)58-27-17-26-54(45-58)67-46-55-24-8-10-29-61(55)63-30-11-12-31-64(63)67/h1-48,50,59H. The van der Waals surface area contributed by atoms with Gasteiger partial charge in [-0.3, -0.25) is 0 Å². The first-order valence-electron chi connectivity index (χ1n) is 25.7. The number of benzene rings is 11. The minimum atomic E-state index is 0.312. The Morgan fingerprint density at radius 2 is 0.919 bits per heavy atom. The molecule has 0 amide bonds. The molecule has 1 heterocycles. The lowest BCUT2D eigenvalue weighted by molar-refractivity contribution is 0.678. The molecule has 0 aliphatic heterocycles. The van der Waals surface area contributed by atoms with E-state index in [9.17, 15) is 0 Å². The van der Waals surface area contributed by atoms with Crippen LogP contribution in [-0.2, 0) is 0 Å². The van der Waals surface area contributed by atoms with Crippen LogP contribution in [-0.4, -0.2) is 4.57 Å². The van der Waals surface area contributed by atoms with Crippen molar-refractivity contribution in [2.24, 2.45) is 11.8 Å².